The fraction of sp³-hybridized carbons (Fsp3) is 0. The fourth-order valence-electron chi connectivity index (χ4n) is 1.32. The minimum Gasteiger partial charge on any atom is -0.508 e. The Morgan fingerprint density at radius 3 is 1.60 bits per heavy atom. The molecule has 0 saturated heterocycles. The van der Waals surface area contributed by atoms with Crippen LogP contribution >= 0.6 is 0 Å². The van der Waals surface area contributed by atoms with Gasteiger partial charge in [0.1, 0.15) is 5.75 Å². The van der Waals surface area contributed by atoms with Crippen molar-refractivity contribution in [3.8, 4) is 5.75 Å². The van der Waals surface area contributed by atoms with Gasteiger partial charge in [0.2, 0.25) is 0 Å². The smallest absolute Gasteiger partial charge is 0.294 e. The molecule has 0 aromatic heterocycles. The zero-order chi connectivity index (χ0) is 13.9. The summed E-state index contributed by atoms with van der Waals surface area (Å²) in [7, 11) is -4.19. The molecule has 0 aliphatic carbocycles. The van der Waals surface area contributed by atoms with E-state index in [1.54, 1.807) is 12.1 Å². The molecule has 0 unspecified atom stereocenters. The van der Waals surface area contributed by atoms with E-state index in [9.17, 15) is 8.42 Å². The van der Waals surface area contributed by atoms with Crippen molar-refractivity contribution in [3.05, 3.63) is 48.5 Å². The molecule has 20 heavy (non-hydrogen) atoms. The van der Waals surface area contributed by atoms with E-state index in [1.165, 1.54) is 36.4 Å². The first kappa shape index (κ1) is 16.8. The van der Waals surface area contributed by atoms with Crippen molar-refractivity contribution < 1.29 is 18.1 Å². The minimum absolute atomic E-state index is 0. The van der Waals surface area contributed by atoms with Crippen molar-refractivity contribution in [1.29, 1.82) is 0 Å². The molecule has 99 valence electrons. The molecule has 0 aliphatic rings. The van der Waals surface area contributed by atoms with Crippen molar-refractivity contribution in [1.82, 2.24) is 0 Å². The van der Waals surface area contributed by atoms with Gasteiger partial charge in [0.25, 0.3) is 10.1 Å². The zero-order valence-corrected chi connectivity index (χ0v) is 13.4. The van der Waals surface area contributed by atoms with E-state index in [-0.39, 0.29) is 40.2 Å². The van der Waals surface area contributed by atoms with Crippen molar-refractivity contribution in [2.45, 2.75) is 4.90 Å². The van der Waals surface area contributed by atoms with Crippen LogP contribution in [0.5, 0.6) is 5.75 Å². The Kier molecular flexibility index (Phi) is 5.85. The molecule has 8 heteroatoms. The van der Waals surface area contributed by atoms with Gasteiger partial charge in [-0.25, -0.2) is 0 Å². The fourth-order valence-corrected chi connectivity index (χ4v) is 1.80. The quantitative estimate of drug-likeness (QED) is 0.517. The van der Waals surface area contributed by atoms with Crippen LogP contribution in [0.3, 0.4) is 0 Å². The molecular formula is C12H10N2NaO4S. The molecule has 0 atom stereocenters. The number of azo groups is 1. The summed E-state index contributed by atoms with van der Waals surface area (Å²) in [4.78, 5) is -0.198. The molecule has 6 nitrogen and oxygen atoms in total. The molecule has 0 saturated carbocycles. The third-order valence-corrected chi connectivity index (χ3v) is 3.13. The van der Waals surface area contributed by atoms with E-state index in [0.717, 1.165) is 0 Å². The predicted molar refractivity (Wildman–Crippen MR) is 74.3 cm³/mol. The van der Waals surface area contributed by atoms with Gasteiger partial charge >= 0.3 is 0 Å². The zero-order valence-electron chi connectivity index (χ0n) is 10.6. The van der Waals surface area contributed by atoms with E-state index >= 15 is 0 Å². The number of phenolic OH excluding ortho intramolecular Hbond substituents is 1. The standard InChI is InChI=1S/C12H10N2O4S.Na/c15-11-5-1-9(2-6-11)13-14-10-3-7-12(8-4-10)19(16,17)18;/h1-8,15H,(H,16,17,18);. The van der Waals surface area contributed by atoms with Gasteiger partial charge in [-0.05, 0) is 48.5 Å². The second kappa shape index (κ2) is 6.96. The van der Waals surface area contributed by atoms with Crippen LogP contribution in [0, 0.1) is 0 Å². The Balaban J connectivity index is 0.00000200. The van der Waals surface area contributed by atoms with E-state index in [0.29, 0.717) is 11.4 Å². The molecular weight excluding hydrogens is 291 g/mol. The van der Waals surface area contributed by atoms with Crippen LogP contribution in [0.25, 0.3) is 0 Å². The van der Waals surface area contributed by atoms with Gasteiger partial charge in [-0.1, -0.05) is 0 Å². The molecule has 2 N–H and O–H groups in total. The number of phenols is 1. The van der Waals surface area contributed by atoms with Crippen LogP contribution in [0.15, 0.2) is 63.7 Å². The number of hydrogen-bond donors (Lipinski definition) is 2. The van der Waals surface area contributed by atoms with Crippen LogP contribution in [-0.4, -0.2) is 47.6 Å². The summed E-state index contributed by atoms with van der Waals surface area (Å²) in [6.45, 7) is 0. The molecule has 0 amide bonds. The first-order chi connectivity index (χ1) is 8.95. The topological polar surface area (TPSA) is 99.3 Å². The van der Waals surface area contributed by atoms with Crippen LogP contribution in [0.4, 0.5) is 11.4 Å². The Labute approximate surface area is 138 Å². The van der Waals surface area contributed by atoms with Crippen LogP contribution in [-0.2, 0) is 10.1 Å². The summed E-state index contributed by atoms with van der Waals surface area (Å²) in [5.41, 5.74) is 0.997. The second-order valence-electron chi connectivity index (χ2n) is 3.69. The first-order valence-corrected chi connectivity index (χ1v) is 6.67. The van der Waals surface area contributed by atoms with Crippen molar-refractivity contribution >= 4 is 51.1 Å². The SMILES string of the molecule is O=S(=O)(O)c1ccc(N=Nc2ccc(O)cc2)cc1.[Na]. The second-order valence-corrected chi connectivity index (χ2v) is 5.11. The van der Waals surface area contributed by atoms with Crippen LogP contribution < -0.4 is 0 Å². The van der Waals surface area contributed by atoms with E-state index in [4.69, 9.17) is 9.66 Å². The third-order valence-electron chi connectivity index (χ3n) is 2.27. The number of hydrogen-bond acceptors (Lipinski definition) is 5. The summed E-state index contributed by atoms with van der Waals surface area (Å²) >= 11 is 0. The van der Waals surface area contributed by atoms with Gasteiger partial charge in [-0.2, -0.15) is 18.6 Å². The summed E-state index contributed by atoms with van der Waals surface area (Å²) in [5, 5.41) is 16.9. The molecule has 2 aromatic carbocycles. The van der Waals surface area contributed by atoms with Crippen molar-refractivity contribution in [2.75, 3.05) is 0 Å². The molecule has 1 radical (unpaired) electrons. The molecule has 0 fully saturated rings. The number of nitrogens with zero attached hydrogens (tertiary/aromatic N) is 2. The van der Waals surface area contributed by atoms with Gasteiger partial charge in [-0.15, -0.1) is 0 Å². The maximum absolute atomic E-state index is 10.8. The first-order valence-electron chi connectivity index (χ1n) is 5.23. The van der Waals surface area contributed by atoms with E-state index < -0.39 is 10.1 Å². The van der Waals surface area contributed by atoms with Gasteiger partial charge < -0.3 is 5.11 Å². The largest absolute Gasteiger partial charge is 0.508 e. The number of benzene rings is 2. The minimum atomic E-state index is -4.19. The maximum atomic E-state index is 10.8. The summed E-state index contributed by atoms with van der Waals surface area (Å²) in [6, 6.07) is 11.5. The van der Waals surface area contributed by atoms with Gasteiger partial charge in [0.05, 0.1) is 16.3 Å². The summed E-state index contributed by atoms with van der Waals surface area (Å²) in [6.07, 6.45) is 0. The summed E-state index contributed by atoms with van der Waals surface area (Å²) in [5.74, 6) is 0.136. The molecule has 0 spiro atoms. The monoisotopic (exact) mass is 301 g/mol. The van der Waals surface area contributed by atoms with Gasteiger partial charge in [0, 0.05) is 29.6 Å². The number of aromatic hydroxyl groups is 1. The predicted octanol–water partition coefficient (Wildman–Crippen LogP) is 2.67. The van der Waals surface area contributed by atoms with E-state index in [1.807, 2.05) is 0 Å². The average Bonchev–Trinajstić information content (AvgIpc) is 2.37. The third kappa shape index (κ3) is 4.69. The Hall–Kier alpha value is -1.25. The average molecular weight is 301 g/mol. The molecule has 0 heterocycles. The molecule has 0 aliphatic heterocycles. The van der Waals surface area contributed by atoms with Gasteiger partial charge in [0.15, 0.2) is 0 Å². The molecule has 2 rings (SSSR count). The van der Waals surface area contributed by atoms with Gasteiger partial charge in [-0.3, -0.25) is 4.55 Å². The van der Waals surface area contributed by atoms with Crippen molar-refractivity contribution in [2.24, 2.45) is 10.2 Å². The molecule has 0 bridgehead atoms. The maximum Gasteiger partial charge on any atom is 0.294 e. The molecule has 2 aromatic rings. The number of rotatable bonds is 3. The van der Waals surface area contributed by atoms with Crippen molar-refractivity contribution in [3.63, 3.8) is 0 Å². The van der Waals surface area contributed by atoms with E-state index in [2.05, 4.69) is 10.2 Å². The van der Waals surface area contributed by atoms with Crippen LogP contribution in [0.2, 0.25) is 0 Å². The Morgan fingerprint density at radius 1 is 0.800 bits per heavy atom. The summed E-state index contributed by atoms with van der Waals surface area (Å²) < 4.78 is 30.5. The Bertz CT molecular complexity index is 697. The Morgan fingerprint density at radius 2 is 1.20 bits per heavy atom. The normalized spacial score (nSPS) is 11.2. The van der Waals surface area contributed by atoms with Crippen LogP contribution in [0.1, 0.15) is 0 Å².